The minimum absolute atomic E-state index is 0.173. The van der Waals surface area contributed by atoms with Gasteiger partial charge in [0.2, 0.25) is 0 Å². The van der Waals surface area contributed by atoms with Gasteiger partial charge in [-0.2, -0.15) is 0 Å². The number of hydrogen-bond donors (Lipinski definition) is 1. The maximum Gasteiger partial charge on any atom is 0.323 e. The van der Waals surface area contributed by atoms with E-state index in [0.29, 0.717) is 28.3 Å². The largest absolute Gasteiger partial charge is 0.323 e. The van der Waals surface area contributed by atoms with Crippen molar-refractivity contribution in [1.29, 1.82) is 0 Å². The van der Waals surface area contributed by atoms with E-state index in [1.54, 1.807) is 23.2 Å². The molecule has 2 aromatic rings. The molecular formula is C17H22Cl2N4OS. The molecule has 5 nitrogen and oxygen atoms in total. The zero-order valence-electron chi connectivity index (χ0n) is 14.3. The van der Waals surface area contributed by atoms with Crippen LogP contribution in [0.4, 0.5) is 9.93 Å². The van der Waals surface area contributed by atoms with Gasteiger partial charge in [0, 0.05) is 31.2 Å². The highest BCUT2D eigenvalue weighted by Crippen LogP contribution is 2.23. The number of urea groups is 1. The molecule has 2 amide bonds. The molecular weight excluding hydrogens is 379 g/mol. The Bertz CT molecular complexity index is 677. The number of benzene rings is 1. The van der Waals surface area contributed by atoms with E-state index < -0.39 is 0 Å². The van der Waals surface area contributed by atoms with Gasteiger partial charge in [0.05, 0.1) is 10.0 Å². The first-order valence-corrected chi connectivity index (χ1v) is 9.78. The molecule has 0 spiro atoms. The number of aromatic nitrogens is 1. The number of nitrogens with one attached hydrogen (secondary N) is 1. The van der Waals surface area contributed by atoms with Crippen LogP contribution < -0.4 is 5.32 Å². The summed E-state index contributed by atoms with van der Waals surface area (Å²) >= 11 is 13.5. The lowest BCUT2D eigenvalue weighted by Crippen LogP contribution is -2.40. The fourth-order valence-corrected chi connectivity index (χ4v) is 3.21. The predicted octanol–water partition coefficient (Wildman–Crippen LogP) is 4.83. The molecule has 25 heavy (non-hydrogen) atoms. The summed E-state index contributed by atoms with van der Waals surface area (Å²) in [7, 11) is 0. The number of nitrogens with zero attached hydrogens (tertiary/aromatic N) is 3. The van der Waals surface area contributed by atoms with Crippen molar-refractivity contribution >= 4 is 45.7 Å². The lowest BCUT2D eigenvalue weighted by Gasteiger charge is -2.26. The third kappa shape index (κ3) is 6.15. The molecule has 0 atom stereocenters. The average molecular weight is 401 g/mol. The summed E-state index contributed by atoms with van der Waals surface area (Å²) in [5, 5.41) is 6.26. The molecule has 1 heterocycles. The number of thiazole rings is 1. The molecule has 1 aromatic heterocycles. The lowest BCUT2D eigenvalue weighted by atomic mass is 10.2. The Labute approximate surface area is 162 Å². The fraction of sp³-hybridized carbons (Fsp3) is 0.412. The Morgan fingerprint density at radius 1 is 1.20 bits per heavy atom. The molecule has 1 N–H and O–H groups in total. The van der Waals surface area contributed by atoms with E-state index in [9.17, 15) is 4.79 Å². The van der Waals surface area contributed by atoms with Crippen molar-refractivity contribution in [2.45, 2.75) is 20.4 Å². The van der Waals surface area contributed by atoms with Gasteiger partial charge in [-0.05, 0) is 30.8 Å². The van der Waals surface area contributed by atoms with E-state index in [2.05, 4.69) is 29.0 Å². The quantitative estimate of drug-likeness (QED) is 0.690. The van der Waals surface area contributed by atoms with Gasteiger partial charge in [-0.15, -0.1) is 11.3 Å². The van der Waals surface area contributed by atoms with Crippen molar-refractivity contribution in [2.24, 2.45) is 0 Å². The van der Waals surface area contributed by atoms with Gasteiger partial charge in [-0.25, -0.2) is 9.78 Å². The first-order valence-electron chi connectivity index (χ1n) is 8.15. The highest BCUT2D eigenvalue weighted by Gasteiger charge is 2.16. The standard InChI is InChI=1S/C17H22Cl2N4OS/c1-3-22(4-2)8-9-23(17(24)21-16-20-7-10-25-16)12-13-5-6-14(18)15(19)11-13/h5-7,10-11H,3-4,8-9,12H2,1-2H3,(H,20,21,24). The molecule has 0 aliphatic rings. The first kappa shape index (κ1) is 20.0. The highest BCUT2D eigenvalue weighted by atomic mass is 35.5. The second-order valence-electron chi connectivity index (χ2n) is 5.46. The number of anilines is 1. The molecule has 2 rings (SSSR count). The number of rotatable bonds is 8. The summed E-state index contributed by atoms with van der Waals surface area (Å²) in [6.45, 7) is 8.00. The molecule has 0 unspecified atom stereocenters. The Morgan fingerprint density at radius 2 is 1.96 bits per heavy atom. The first-order chi connectivity index (χ1) is 12.0. The van der Waals surface area contributed by atoms with Crippen molar-refractivity contribution in [3.8, 4) is 0 Å². The topological polar surface area (TPSA) is 48.5 Å². The molecule has 136 valence electrons. The van der Waals surface area contributed by atoms with Crippen LogP contribution >= 0.6 is 34.5 Å². The molecule has 1 aromatic carbocycles. The van der Waals surface area contributed by atoms with Crippen molar-refractivity contribution in [3.63, 3.8) is 0 Å². The van der Waals surface area contributed by atoms with Gasteiger partial charge in [0.15, 0.2) is 5.13 Å². The zero-order chi connectivity index (χ0) is 18.2. The number of carbonyl (C=O) groups is 1. The molecule has 0 saturated heterocycles. The van der Waals surface area contributed by atoms with E-state index in [1.807, 2.05) is 11.4 Å². The molecule has 8 heteroatoms. The maximum absolute atomic E-state index is 12.7. The summed E-state index contributed by atoms with van der Waals surface area (Å²) in [5.74, 6) is 0. The van der Waals surface area contributed by atoms with Crippen molar-refractivity contribution in [1.82, 2.24) is 14.8 Å². The SMILES string of the molecule is CCN(CC)CCN(Cc1ccc(Cl)c(Cl)c1)C(=O)Nc1nccs1. The monoisotopic (exact) mass is 400 g/mol. The van der Waals surface area contributed by atoms with Crippen molar-refractivity contribution in [3.05, 3.63) is 45.4 Å². The van der Waals surface area contributed by atoms with Gasteiger partial charge < -0.3 is 9.80 Å². The molecule has 0 radical (unpaired) electrons. The number of carbonyl (C=O) groups excluding carboxylic acids is 1. The highest BCUT2D eigenvalue weighted by molar-refractivity contribution is 7.13. The van der Waals surface area contributed by atoms with E-state index in [0.717, 1.165) is 25.2 Å². The van der Waals surface area contributed by atoms with Crippen LogP contribution in [0.25, 0.3) is 0 Å². The van der Waals surface area contributed by atoms with E-state index in [-0.39, 0.29) is 6.03 Å². The molecule has 0 aliphatic carbocycles. The van der Waals surface area contributed by atoms with E-state index in [1.165, 1.54) is 11.3 Å². The Morgan fingerprint density at radius 3 is 2.56 bits per heavy atom. The van der Waals surface area contributed by atoms with Gasteiger partial charge in [-0.3, -0.25) is 5.32 Å². The van der Waals surface area contributed by atoms with Gasteiger partial charge in [0.25, 0.3) is 0 Å². The van der Waals surface area contributed by atoms with Crippen LogP contribution in [0, 0.1) is 0 Å². The second kappa shape index (κ2) is 9.97. The van der Waals surface area contributed by atoms with Crippen LogP contribution in [0.5, 0.6) is 0 Å². The molecule has 0 saturated carbocycles. The Kier molecular flexibility index (Phi) is 7.96. The summed E-state index contributed by atoms with van der Waals surface area (Å²) in [6, 6.07) is 5.26. The van der Waals surface area contributed by atoms with Crippen LogP contribution in [0.1, 0.15) is 19.4 Å². The van der Waals surface area contributed by atoms with Crippen LogP contribution in [0.2, 0.25) is 10.0 Å². The number of likely N-dealkylation sites (N-methyl/N-ethyl adjacent to an activating group) is 1. The fourth-order valence-electron chi connectivity index (χ4n) is 2.37. The van der Waals surface area contributed by atoms with Gasteiger partial charge in [-0.1, -0.05) is 43.1 Å². The summed E-state index contributed by atoms with van der Waals surface area (Å²) in [5.41, 5.74) is 0.934. The predicted molar refractivity (Wildman–Crippen MR) is 106 cm³/mol. The zero-order valence-corrected chi connectivity index (χ0v) is 16.7. The van der Waals surface area contributed by atoms with E-state index >= 15 is 0 Å². The van der Waals surface area contributed by atoms with Crippen LogP contribution in [0.15, 0.2) is 29.8 Å². The molecule has 0 bridgehead atoms. The summed E-state index contributed by atoms with van der Waals surface area (Å²) in [6.07, 6.45) is 1.67. The Balaban J connectivity index is 2.09. The summed E-state index contributed by atoms with van der Waals surface area (Å²) < 4.78 is 0. The number of hydrogen-bond acceptors (Lipinski definition) is 4. The lowest BCUT2D eigenvalue weighted by molar-refractivity contribution is 0.194. The summed E-state index contributed by atoms with van der Waals surface area (Å²) in [4.78, 5) is 20.8. The van der Waals surface area contributed by atoms with Crippen molar-refractivity contribution < 1.29 is 4.79 Å². The van der Waals surface area contributed by atoms with Crippen LogP contribution in [-0.2, 0) is 6.54 Å². The third-order valence-corrected chi connectivity index (χ3v) is 5.30. The minimum Gasteiger partial charge on any atom is -0.319 e. The van der Waals surface area contributed by atoms with Gasteiger partial charge >= 0.3 is 6.03 Å². The third-order valence-electron chi connectivity index (χ3n) is 3.87. The second-order valence-corrected chi connectivity index (χ2v) is 7.17. The number of halogens is 2. The van der Waals surface area contributed by atoms with Crippen LogP contribution in [-0.4, -0.2) is 47.0 Å². The molecule has 0 aliphatic heterocycles. The Hall–Kier alpha value is -1.34. The van der Waals surface area contributed by atoms with Crippen molar-refractivity contribution in [2.75, 3.05) is 31.5 Å². The minimum atomic E-state index is -0.173. The maximum atomic E-state index is 12.7. The molecule has 0 fully saturated rings. The van der Waals surface area contributed by atoms with Crippen LogP contribution in [0.3, 0.4) is 0 Å². The average Bonchev–Trinajstić information content (AvgIpc) is 3.10. The number of amides is 2. The smallest absolute Gasteiger partial charge is 0.319 e. The van der Waals surface area contributed by atoms with E-state index in [4.69, 9.17) is 23.2 Å². The van der Waals surface area contributed by atoms with Gasteiger partial charge in [0.1, 0.15) is 0 Å². The normalized spacial score (nSPS) is 10.9.